The smallest absolute Gasteiger partial charge is 0.184 e. The van der Waals surface area contributed by atoms with E-state index in [0.29, 0.717) is 0 Å². The molecular formula is C15H29N3O3. The summed E-state index contributed by atoms with van der Waals surface area (Å²) in [6.07, 6.45) is 2.93. The van der Waals surface area contributed by atoms with Gasteiger partial charge in [0.1, 0.15) is 6.23 Å². The molecule has 6 nitrogen and oxygen atoms in total. The predicted octanol–water partition coefficient (Wildman–Crippen LogP) is 1.13. The van der Waals surface area contributed by atoms with Gasteiger partial charge in [0.2, 0.25) is 0 Å². The maximum Gasteiger partial charge on any atom is 0.184 e. The lowest BCUT2D eigenvalue weighted by atomic mass is 10.1. The Labute approximate surface area is 127 Å². The molecule has 3 fully saturated rings. The molecule has 3 aliphatic rings. The predicted molar refractivity (Wildman–Crippen MR) is 79.4 cm³/mol. The molecule has 122 valence electrons. The van der Waals surface area contributed by atoms with Crippen molar-refractivity contribution in [3.8, 4) is 0 Å². The zero-order valence-corrected chi connectivity index (χ0v) is 13.6. The fraction of sp³-hybridized carbons (Fsp3) is 1.00. The molecule has 3 heterocycles. The van der Waals surface area contributed by atoms with Crippen LogP contribution in [0.1, 0.15) is 40.0 Å². The molecule has 0 radical (unpaired) electrons. The molecule has 0 aromatic carbocycles. The molecule has 3 rings (SSSR count). The van der Waals surface area contributed by atoms with E-state index in [-0.39, 0.29) is 6.23 Å². The van der Waals surface area contributed by atoms with Crippen molar-refractivity contribution < 1.29 is 14.2 Å². The van der Waals surface area contributed by atoms with Crippen LogP contribution in [0, 0.1) is 0 Å². The van der Waals surface area contributed by atoms with Crippen LogP contribution in [0.5, 0.6) is 0 Å². The highest BCUT2D eigenvalue weighted by molar-refractivity contribution is 4.96. The van der Waals surface area contributed by atoms with E-state index >= 15 is 0 Å². The van der Waals surface area contributed by atoms with E-state index in [1.807, 2.05) is 0 Å². The highest BCUT2D eigenvalue weighted by Crippen LogP contribution is 2.41. The van der Waals surface area contributed by atoms with Crippen LogP contribution < -0.4 is 5.32 Å². The second-order valence-electron chi connectivity index (χ2n) is 5.94. The average Bonchev–Trinajstić information content (AvgIpc) is 3.24. The minimum absolute atomic E-state index is 0.140. The lowest BCUT2D eigenvalue weighted by Crippen LogP contribution is -2.69. The summed E-state index contributed by atoms with van der Waals surface area (Å²) < 4.78 is 18.3. The Bertz CT molecular complexity index is 362. The Balaban J connectivity index is 1.92. The third kappa shape index (κ3) is 2.33. The molecule has 0 aliphatic carbocycles. The third-order valence-electron chi connectivity index (χ3n) is 5.08. The molecule has 0 saturated carbocycles. The van der Waals surface area contributed by atoms with Crippen molar-refractivity contribution in [2.75, 3.05) is 39.5 Å². The summed E-state index contributed by atoms with van der Waals surface area (Å²) >= 11 is 0. The lowest BCUT2D eigenvalue weighted by Gasteiger charge is -2.51. The minimum atomic E-state index is -0.412. The summed E-state index contributed by atoms with van der Waals surface area (Å²) in [5.41, 5.74) is 0. The van der Waals surface area contributed by atoms with Crippen LogP contribution in [0.3, 0.4) is 0 Å². The van der Waals surface area contributed by atoms with Crippen molar-refractivity contribution in [1.82, 2.24) is 15.1 Å². The summed E-state index contributed by atoms with van der Waals surface area (Å²) in [5, 5.41) is 3.56. The minimum Gasteiger partial charge on any atom is -0.362 e. The fourth-order valence-corrected chi connectivity index (χ4v) is 4.12. The van der Waals surface area contributed by atoms with E-state index in [1.165, 1.54) is 0 Å². The zero-order chi connectivity index (χ0) is 14.9. The number of rotatable bonds is 5. The second kappa shape index (κ2) is 6.10. The summed E-state index contributed by atoms with van der Waals surface area (Å²) in [5.74, 6) is -0.808. The first kappa shape index (κ1) is 15.6. The molecule has 0 aromatic rings. The van der Waals surface area contributed by atoms with Gasteiger partial charge in [0.25, 0.3) is 0 Å². The van der Waals surface area contributed by atoms with Gasteiger partial charge in [-0.2, -0.15) is 0 Å². The quantitative estimate of drug-likeness (QED) is 0.821. The first-order valence-corrected chi connectivity index (χ1v) is 8.41. The maximum absolute atomic E-state index is 6.31. The van der Waals surface area contributed by atoms with Crippen LogP contribution in [0.15, 0.2) is 0 Å². The van der Waals surface area contributed by atoms with Crippen molar-refractivity contribution in [3.05, 3.63) is 0 Å². The Kier molecular flexibility index (Phi) is 4.55. The van der Waals surface area contributed by atoms with Gasteiger partial charge < -0.3 is 14.2 Å². The van der Waals surface area contributed by atoms with Crippen LogP contribution in [0.25, 0.3) is 0 Å². The standard InChI is InChI=1S/C15H29N3O3/c1-4-13-17(8-11-19-13)15(6-3)18(9-12-21-15)14(5-2)16-7-10-20-14/h13,16H,4-12H2,1-3H3. The van der Waals surface area contributed by atoms with Crippen LogP contribution in [0.2, 0.25) is 0 Å². The molecule has 3 atom stereocenters. The normalized spacial score (nSPS) is 42.1. The number of ether oxygens (including phenoxy) is 3. The van der Waals surface area contributed by atoms with Gasteiger partial charge >= 0.3 is 0 Å². The first-order chi connectivity index (χ1) is 10.2. The van der Waals surface area contributed by atoms with Crippen molar-refractivity contribution in [2.24, 2.45) is 0 Å². The number of hydrogen-bond acceptors (Lipinski definition) is 6. The number of hydrogen-bond donors (Lipinski definition) is 1. The van der Waals surface area contributed by atoms with Gasteiger partial charge in [0.15, 0.2) is 11.7 Å². The largest absolute Gasteiger partial charge is 0.362 e. The lowest BCUT2D eigenvalue weighted by molar-refractivity contribution is -0.287. The molecule has 1 N–H and O–H groups in total. The Morgan fingerprint density at radius 3 is 2.52 bits per heavy atom. The molecule has 0 spiro atoms. The molecule has 0 bridgehead atoms. The van der Waals surface area contributed by atoms with Gasteiger partial charge in [-0.15, -0.1) is 0 Å². The summed E-state index contributed by atoms with van der Waals surface area (Å²) in [6, 6.07) is 0. The van der Waals surface area contributed by atoms with Gasteiger partial charge in [0.05, 0.1) is 19.8 Å². The molecule has 21 heavy (non-hydrogen) atoms. The van der Waals surface area contributed by atoms with Crippen LogP contribution in [0.4, 0.5) is 0 Å². The Morgan fingerprint density at radius 1 is 1.05 bits per heavy atom. The van der Waals surface area contributed by atoms with Crippen LogP contribution in [-0.4, -0.2) is 67.2 Å². The highest BCUT2D eigenvalue weighted by Gasteiger charge is 2.58. The molecule has 0 aromatic heterocycles. The summed E-state index contributed by atoms with van der Waals surface area (Å²) in [7, 11) is 0. The van der Waals surface area contributed by atoms with Crippen molar-refractivity contribution in [2.45, 2.75) is 58.0 Å². The fourth-order valence-electron chi connectivity index (χ4n) is 4.12. The van der Waals surface area contributed by atoms with Gasteiger partial charge in [0, 0.05) is 32.5 Å². The second-order valence-corrected chi connectivity index (χ2v) is 5.94. The molecule has 3 saturated heterocycles. The number of nitrogens with zero attached hydrogens (tertiary/aromatic N) is 2. The van der Waals surface area contributed by atoms with E-state index in [2.05, 4.69) is 35.9 Å². The Morgan fingerprint density at radius 2 is 1.90 bits per heavy atom. The van der Waals surface area contributed by atoms with Crippen LogP contribution in [-0.2, 0) is 14.2 Å². The Hall–Kier alpha value is -0.240. The topological polar surface area (TPSA) is 46.2 Å². The van der Waals surface area contributed by atoms with E-state index in [1.54, 1.807) is 0 Å². The van der Waals surface area contributed by atoms with Crippen molar-refractivity contribution in [1.29, 1.82) is 0 Å². The third-order valence-corrected chi connectivity index (χ3v) is 5.08. The van der Waals surface area contributed by atoms with E-state index in [0.717, 1.165) is 58.7 Å². The monoisotopic (exact) mass is 299 g/mol. The number of nitrogens with one attached hydrogen (secondary N) is 1. The molecule has 3 unspecified atom stereocenters. The molecule has 0 amide bonds. The summed E-state index contributed by atoms with van der Waals surface area (Å²) in [4.78, 5) is 4.78. The average molecular weight is 299 g/mol. The van der Waals surface area contributed by atoms with Gasteiger partial charge in [-0.3, -0.25) is 5.32 Å². The highest BCUT2D eigenvalue weighted by atomic mass is 16.6. The maximum atomic E-state index is 6.31. The van der Waals surface area contributed by atoms with Gasteiger partial charge in [-0.1, -0.05) is 20.8 Å². The molecular weight excluding hydrogens is 270 g/mol. The first-order valence-electron chi connectivity index (χ1n) is 8.41. The zero-order valence-electron chi connectivity index (χ0n) is 13.6. The molecule has 3 aliphatic heterocycles. The van der Waals surface area contributed by atoms with Crippen molar-refractivity contribution >= 4 is 0 Å². The SMILES string of the molecule is CCC1OCCN1C1(CC)OCCN1C1(CC)NCCO1. The molecule has 6 heteroatoms. The van der Waals surface area contributed by atoms with Gasteiger partial charge in [-0.25, -0.2) is 9.80 Å². The van der Waals surface area contributed by atoms with Crippen molar-refractivity contribution in [3.63, 3.8) is 0 Å². The van der Waals surface area contributed by atoms with E-state index < -0.39 is 11.7 Å². The summed E-state index contributed by atoms with van der Waals surface area (Å²) in [6.45, 7) is 11.5. The van der Waals surface area contributed by atoms with E-state index in [4.69, 9.17) is 14.2 Å². The van der Waals surface area contributed by atoms with Crippen LogP contribution >= 0.6 is 0 Å². The van der Waals surface area contributed by atoms with E-state index in [9.17, 15) is 0 Å². The van der Waals surface area contributed by atoms with Gasteiger partial charge in [-0.05, 0) is 6.42 Å².